The zero-order valence-electron chi connectivity index (χ0n) is 12.8. The maximum absolute atomic E-state index is 11.7. The molecule has 0 unspecified atom stereocenters. The fourth-order valence-electron chi connectivity index (χ4n) is 1.35. The molecule has 21 heavy (non-hydrogen) atoms. The van der Waals surface area contributed by atoms with Crippen LogP contribution in [0.3, 0.4) is 0 Å². The van der Waals surface area contributed by atoms with Gasteiger partial charge in [-0.05, 0) is 11.8 Å². The monoisotopic (exact) mass is 321 g/mol. The third-order valence-electron chi connectivity index (χ3n) is 2.07. The number of sulfonamides is 1. The van der Waals surface area contributed by atoms with E-state index in [0.717, 1.165) is 12.2 Å². The van der Waals surface area contributed by atoms with Gasteiger partial charge in [0.25, 0.3) is 0 Å². The summed E-state index contributed by atoms with van der Waals surface area (Å²) in [5.74, 6) is -1.30. The van der Waals surface area contributed by atoms with Crippen molar-refractivity contribution in [3.8, 4) is 0 Å². The number of nitrogens with one attached hydrogen (secondary N) is 1. The lowest BCUT2D eigenvalue weighted by Gasteiger charge is -2.18. The maximum Gasteiger partial charge on any atom is 0.331 e. The molecule has 0 aliphatic heterocycles. The molecule has 0 rings (SSSR count). The van der Waals surface area contributed by atoms with Gasteiger partial charge in [0.15, 0.2) is 0 Å². The quantitative estimate of drug-likeness (QED) is 0.400. The van der Waals surface area contributed by atoms with E-state index in [0.29, 0.717) is 6.42 Å². The highest BCUT2D eigenvalue weighted by Crippen LogP contribution is 2.15. The summed E-state index contributed by atoms with van der Waals surface area (Å²) in [5.41, 5.74) is -0.322. The summed E-state index contributed by atoms with van der Waals surface area (Å²) in [6.07, 6.45) is 2.26. The van der Waals surface area contributed by atoms with Gasteiger partial charge in [-0.25, -0.2) is 22.7 Å². The molecule has 0 aromatic heterocycles. The average Bonchev–Trinajstić information content (AvgIpc) is 2.32. The molecule has 0 heterocycles. The Balaban J connectivity index is 3.90. The Bertz CT molecular complexity index is 475. The van der Waals surface area contributed by atoms with Gasteiger partial charge in [-0.15, -0.1) is 0 Å². The van der Waals surface area contributed by atoms with Gasteiger partial charge < -0.3 is 9.47 Å². The van der Waals surface area contributed by atoms with Crippen LogP contribution in [0.15, 0.2) is 12.2 Å². The number of hydrogen-bond acceptors (Lipinski definition) is 6. The first-order valence-electron chi connectivity index (χ1n) is 6.46. The van der Waals surface area contributed by atoms with Crippen LogP contribution >= 0.6 is 0 Å². The number of ether oxygens (including phenoxy) is 2. The number of carbonyl (C=O) groups is 2. The Kier molecular flexibility index (Phi) is 8.19. The van der Waals surface area contributed by atoms with E-state index in [1.165, 1.54) is 7.11 Å². The second kappa shape index (κ2) is 8.78. The molecule has 0 saturated carbocycles. The van der Waals surface area contributed by atoms with Gasteiger partial charge >= 0.3 is 11.9 Å². The van der Waals surface area contributed by atoms with E-state index < -0.39 is 22.0 Å². The average molecular weight is 321 g/mol. The minimum absolute atomic E-state index is 0.0294. The maximum atomic E-state index is 11.7. The molecule has 1 N–H and O–H groups in total. The Morgan fingerprint density at radius 3 is 2.24 bits per heavy atom. The Hall–Kier alpha value is -1.41. The minimum atomic E-state index is -3.33. The highest BCUT2D eigenvalue weighted by molar-refractivity contribution is 7.89. The lowest BCUT2D eigenvalue weighted by Crippen LogP contribution is -2.33. The number of carbonyl (C=O) groups excluding carboxylic acids is 2. The van der Waals surface area contributed by atoms with Gasteiger partial charge in [-0.2, -0.15) is 0 Å². The number of esters is 2. The molecular weight excluding hydrogens is 298 g/mol. The van der Waals surface area contributed by atoms with Crippen LogP contribution in [0.2, 0.25) is 0 Å². The van der Waals surface area contributed by atoms with Crippen molar-refractivity contribution in [3.63, 3.8) is 0 Å². The van der Waals surface area contributed by atoms with Gasteiger partial charge in [0.1, 0.15) is 0 Å². The highest BCUT2D eigenvalue weighted by atomic mass is 32.2. The molecule has 0 fully saturated rings. The summed E-state index contributed by atoms with van der Waals surface area (Å²) in [5, 5.41) is 0. The molecule has 0 saturated heterocycles. The van der Waals surface area contributed by atoms with Crippen LogP contribution in [-0.4, -0.2) is 46.4 Å². The van der Waals surface area contributed by atoms with Gasteiger partial charge in [-0.1, -0.05) is 20.8 Å². The van der Waals surface area contributed by atoms with Crippen LogP contribution in [0.25, 0.3) is 0 Å². The van der Waals surface area contributed by atoms with Crippen LogP contribution in [0, 0.1) is 5.41 Å². The van der Waals surface area contributed by atoms with Crippen LogP contribution in [0.4, 0.5) is 0 Å². The van der Waals surface area contributed by atoms with E-state index in [1.54, 1.807) is 0 Å². The zero-order chi connectivity index (χ0) is 16.5. The van der Waals surface area contributed by atoms with Crippen LogP contribution in [0.5, 0.6) is 0 Å². The Labute approximate surface area is 125 Å². The molecule has 0 aromatic rings. The lowest BCUT2D eigenvalue weighted by molar-refractivity contribution is -0.139. The third kappa shape index (κ3) is 12.1. The fraction of sp³-hybridized carbons (Fsp3) is 0.692. The van der Waals surface area contributed by atoms with Gasteiger partial charge in [0.05, 0.1) is 19.5 Å². The predicted octanol–water partition coefficient (Wildman–Crippen LogP) is 0.614. The van der Waals surface area contributed by atoms with Gasteiger partial charge in [-0.3, -0.25) is 0 Å². The molecule has 0 radical (unpaired) electrons. The molecule has 122 valence electrons. The first kappa shape index (κ1) is 19.6. The summed E-state index contributed by atoms with van der Waals surface area (Å²) in [6, 6.07) is 0. The number of rotatable bonds is 8. The molecular formula is C13H23NO6S. The summed E-state index contributed by atoms with van der Waals surface area (Å²) in [6.45, 7) is 5.75. The van der Waals surface area contributed by atoms with Crippen molar-refractivity contribution in [2.45, 2.75) is 27.2 Å². The van der Waals surface area contributed by atoms with Crippen LogP contribution in [0.1, 0.15) is 27.2 Å². The van der Waals surface area contributed by atoms with E-state index in [-0.39, 0.29) is 24.3 Å². The van der Waals surface area contributed by atoms with Crippen molar-refractivity contribution >= 4 is 22.0 Å². The molecule has 0 spiro atoms. The summed E-state index contributed by atoms with van der Waals surface area (Å²) >= 11 is 0. The van der Waals surface area contributed by atoms with Crippen LogP contribution < -0.4 is 4.72 Å². The van der Waals surface area contributed by atoms with E-state index in [9.17, 15) is 18.0 Å². The first-order valence-corrected chi connectivity index (χ1v) is 8.11. The van der Waals surface area contributed by atoms with Crippen LogP contribution in [-0.2, 0) is 29.1 Å². The third-order valence-corrected chi connectivity index (χ3v) is 3.96. The number of methoxy groups -OCH3 is 1. The van der Waals surface area contributed by atoms with Crippen molar-refractivity contribution in [1.29, 1.82) is 0 Å². The molecule has 0 atom stereocenters. The molecule has 0 aliphatic rings. The highest BCUT2D eigenvalue weighted by Gasteiger charge is 2.20. The summed E-state index contributed by atoms with van der Waals surface area (Å²) in [4.78, 5) is 21.9. The Morgan fingerprint density at radius 2 is 1.71 bits per heavy atom. The SMILES string of the molecule is COC(=O)/C=C/C(=O)OCCCNS(=O)(=O)CC(C)(C)C. The molecule has 0 amide bonds. The molecule has 7 nitrogen and oxygen atoms in total. The van der Waals surface area contributed by atoms with Crippen molar-refractivity contribution in [1.82, 2.24) is 4.72 Å². The number of hydrogen-bond donors (Lipinski definition) is 1. The molecule has 0 aliphatic carbocycles. The summed E-state index contributed by atoms with van der Waals surface area (Å²) < 4.78 is 34.9. The topological polar surface area (TPSA) is 98.8 Å². The minimum Gasteiger partial charge on any atom is -0.466 e. The molecule has 0 aromatic carbocycles. The standard InChI is InChI=1S/C13H23NO6S/c1-13(2,3)10-21(17,18)14-8-5-9-20-12(16)7-6-11(15)19-4/h6-7,14H,5,8-10H2,1-4H3/b7-6+. The van der Waals surface area contributed by atoms with E-state index >= 15 is 0 Å². The van der Waals surface area contributed by atoms with E-state index in [1.807, 2.05) is 20.8 Å². The predicted molar refractivity (Wildman–Crippen MR) is 78.0 cm³/mol. The smallest absolute Gasteiger partial charge is 0.331 e. The van der Waals surface area contributed by atoms with Crippen molar-refractivity contribution in [2.24, 2.45) is 5.41 Å². The second-order valence-corrected chi connectivity index (χ2v) is 7.40. The first-order chi connectivity index (χ1) is 9.56. The Morgan fingerprint density at radius 1 is 1.14 bits per heavy atom. The largest absolute Gasteiger partial charge is 0.466 e. The van der Waals surface area contributed by atoms with E-state index in [4.69, 9.17) is 4.74 Å². The van der Waals surface area contributed by atoms with Crippen molar-refractivity contribution in [3.05, 3.63) is 12.2 Å². The molecule has 8 heteroatoms. The van der Waals surface area contributed by atoms with Crippen molar-refractivity contribution in [2.75, 3.05) is 26.0 Å². The summed E-state index contributed by atoms with van der Waals surface area (Å²) in [7, 11) is -2.13. The van der Waals surface area contributed by atoms with Gasteiger partial charge in [0.2, 0.25) is 10.0 Å². The zero-order valence-corrected chi connectivity index (χ0v) is 13.7. The van der Waals surface area contributed by atoms with Crippen molar-refractivity contribution < 1.29 is 27.5 Å². The van der Waals surface area contributed by atoms with Gasteiger partial charge in [0, 0.05) is 18.7 Å². The lowest BCUT2D eigenvalue weighted by atomic mass is 10.0. The normalized spacial score (nSPS) is 12.4. The second-order valence-electron chi connectivity index (χ2n) is 5.59. The van der Waals surface area contributed by atoms with E-state index in [2.05, 4.69) is 9.46 Å². The molecule has 0 bridgehead atoms. The fourth-order valence-corrected chi connectivity index (χ4v) is 3.04.